The molecule has 5 heteroatoms. The highest BCUT2D eigenvalue weighted by Crippen LogP contribution is 2.19. The van der Waals surface area contributed by atoms with Crippen LogP contribution < -0.4 is 15.4 Å². The van der Waals surface area contributed by atoms with E-state index in [0.717, 1.165) is 23.2 Å². The minimum Gasteiger partial charge on any atom is -0.493 e. The lowest BCUT2D eigenvalue weighted by Gasteiger charge is -2.14. The molecule has 0 saturated carbocycles. The minimum absolute atomic E-state index is 0.263. The van der Waals surface area contributed by atoms with Gasteiger partial charge < -0.3 is 10.1 Å². The molecule has 0 atom stereocenters. The number of thiocarbonyl (C=S) groups is 1. The average Bonchev–Trinajstić information content (AvgIpc) is 2.56. The molecule has 1 amide bonds. The number of hydrogen-bond donors (Lipinski definition) is 2. The summed E-state index contributed by atoms with van der Waals surface area (Å²) in [5, 5.41) is 6.05. The lowest BCUT2D eigenvalue weighted by Crippen LogP contribution is -2.34. The molecule has 4 nitrogen and oxygen atoms in total. The van der Waals surface area contributed by atoms with Crippen LogP contribution in [0.3, 0.4) is 0 Å². The van der Waals surface area contributed by atoms with Crippen molar-refractivity contribution >= 4 is 28.9 Å². The van der Waals surface area contributed by atoms with Gasteiger partial charge in [-0.15, -0.1) is 0 Å². The summed E-state index contributed by atoms with van der Waals surface area (Å²) in [5.74, 6) is 0.274. The van der Waals surface area contributed by atoms with Crippen molar-refractivity contribution in [2.75, 3.05) is 11.9 Å². The molecule has 0 unspecified atom stereocenters. The number of hydrogen-bond acceptors (Lipinski definition) is 3. The molecule has 2 rings (SSSR count). The van der Waals surface area contributed by atoms with Crippen LogP contribution in [0, 0.1) is 13.8 Å². The molecule has 0 saturated heterocycles. The van der Waals surface area contributed by atoms with Gasteiger partial charge in [0.05, 0.1) is 12.2 Å². The fourth-order valence-corrected chi connectivity index (χ4v) is 2.39. The highest BCUT2D eigenvalue weighted by atomic mass is 32.1. The van der Waals surface area contributed by atoms with Crippen molar-refractivity contribution < 1.29 is 9.53 Å². The van der Waals surface area contributed by atoms with E-state index in [-0.39, 0.29) is 11.0 Å². The quantitative estimate of drug-likeness (QED) is 0.799. The third kappa shape index (κ3) is 4.80. The predicted molar refractivity (Wildman–Crippen MR) is 102 cm³/mol. The van der Waals surface area contributed by atoms with Crippen LogP contribution in [-0.4, -0.2) is 17.6 Å². The molecule has 0 spiro atoms. The minimum atomic E-state index is -0.287. The standard InChI is InChI=1S/C19H22N2O2S/c1-4-11-23-17-8-6-5-7-15(17)18(22)21-19(24)20-16-12-13(2)9-10-14(16)3/h5-10,12H,4,11H2,1-3H3,(H2,20,21,22,24). The van der Waals surface area contributed by atoms with Gasteiger partial charge in [-0.2, -0.15) is 0 Å². The molecular formula is C19H22N2O2S. The van der Waals surface area contributed by atoms with Crippen LogP contribution in [0.4, 0.5) is 5.69 Å². The first kappa shape index (κ1) is 17.9. The molecule has 0 fully saturated rings. The van der Waals surface area contributed by atoms with E-state index in [4.69, 9.17) is 17.0 Å². The van der Waals surface area contributed by atoms with Gasteiger partial charge in [0.1, 0.15) is 5.75 Å². The van der Waals surface area contributed by atoms with Crippen LogP contribution in [0.5, 0.6) is 5.75 Å². The number of benzene rings is 2. The number of anilines is 1. The monoisotopic (exact) mass is 342 g/mol. The van der Waals surface area contributed by atoms with Crippen LogP contribution in [0.15, 0.2) is 42.5 Å². The maximum Gasteiger partial charge on any atom is 0.261 e. The molecular weight excluding hydrogens is 320 g/mol. The summed E-state index contributed by atoms with van der Waals surface area (Å²) in [6.07, 6.45) is 0.878. The first-order valence-corrected chi connectivity index (χ1v) is 8.33. The maximum absolute atomic E-state index is 12.5. The third-order valence-electron chi connectivity index (χ3n) is 3.46. The summed E-state index contributed by atoms with van der Waals surface area (Å²) < 4.78 is 5.62. The number of carbonyl (C=O) groups is 1. The highest BCUT2D eigenvalue weighted by Gasteiger charge is 2.13. The summed E-state index contributed by atoms with van der Waals surface area (Å²) >= 11 is 5.26. The van der Waals surface area contributed by atoms with E-state index in [0.29, 0.717) is 17.9 Å². The number of ether oxygens (including phenoxy) is 1. The SMILES string of the molecule is CCCOc1ccccc1C(=O)NC(=S)Nc1cc(C)ccc1C. The van der Waals surface area contributed by atoms with Crippen LogP contribution in [0.1, 0.15) is 34.8 Å². The molecule has 2 aromatic rings. The second kappa shape index (κ2) is 8.45. The van der Waals surface area contributed by atoms with Crippen molar-refractivity contribution in [3.8, 4) is 5.75 Å². The Morgan fingerprint density at radius 2 is 1.92 bits per heavy atom. The van der Waals surface area contributed by atoms with E-state index in [1.54, 1.807) is 18.2 Å². The molecule has 0 aromatic heterocycles. The van der Waals surface area contributed by atoms with Crippen LogP contribution in [0.25, 0.3) is 0 Å². The zero-order chi connectivity index (χ0) is 17.5. The van der Waals surface area contributed by atoms with Gasteiger partial charge in [0.15, 0.2) is 5.11 Å². The molecule has 0 heterocycles. The normalized spacial score (nSPS) is 10.1. The van der Waals surface area contributed by atoms with Crippen molar-refractivity contribution in [2.24, 2.45) is 0 Å². The Labute approximate surface area is 148 Å². The number of nitrogens with one attached hydrogen (secondary N) is 2. The van der Waals surface area contributed by atoms with Gasteiger partial charge in [-0.25, -0.2) is 0 Å². The molecule has 24 heavy (non-hydrogen) atoms. The van der Waals surface area contributed by atoms with Gasteiger partial charge in [0, 0.05) is 5.69 Å². The van der Waals surface area contributed by atoms with Gasteiger partial charge in [0.2, 0.25) is 0 Å². The Morgan fingerprint density at radius 3 is 2.67 bits per heavy atom. The van der Waals surface area contributed by atoms with Crippen molar-refractivity contribution in [1.29, 1.82) is 0 Å². The number of rotatable bonds is 5. The van der Waals surface area contributed by atoms with Crippen molar-refractivity contribution in [1.82, 2.24) is 5.32 Å². The van der Waals surface area contributed by atoms with E-state index >= 15 is 0 Å². The Balaban J connectivity index is 2.06. The molecule has 0 aliphatic heterocycles. The van der Waals surface area contributed by atoms with Gasteiger partial charge in [0.25, 0.3) is 5.91 Å². The van der Waals surface area contributed by atoms with Gasteiger partial charge >= 0.3 is 0 Å². The lowest BCUT2D eigenvalue weighted by molar-refractivity contribution is 0.0973. The molecule has 0 aliphatic rings. The molecule has 0 bridgehead atoms. The fourth-order valence-electron chi connectivity index (χ4n) is 2.19. The molecule has 126 valence electrons. The molecule has 0 radical (unpaired) electrons. The summed E-state index contributed by atoms with van der Waals surface area (Å²) in [6.45, 7) is 6.58. The van der Waals surface area contributed by atoms with Gasteiger partial charge in [-0.05, 0) is 61.8 Å². The van der Waals surface area contributed by atoms with Crippen molar-refractivity contribution in [3.05, 3.63) is 59.2 Å². The fraction of sp³-hybridized carbons (Fsp3) is 0.263. The van der Waals surface area contributed by atoms with Crippen LogP contribution in [0.2, 0.25) is 0 Å². The highest BCUT2D eigenvalue weighted by molar-refractivity contribution is 7.80. The molecule has 0 aliphatic carbocycles. The first-order valence-electron chi connectivity index (χ1n) is 7.92. The third-order valence-corrected chi connectivity index (χ3v) is 3.67. The number of para-hydroxylation sites is 1. The average molecular weight is 342 g/mol. The molecule has 2 aromatic carbocycles. The number of aryl methyl sites for hydroxylation is 2. The number of amides is 1. The predicted octanol–water partition coefficient (Wildman–Crippen LogP) is 4.22. The van der Waals surface area contributed by atoms with E-state index in [9.17, 15) is 4.79 Å². The maximum atomic E-state index is 12.5. The largest absolute Gasteiger partial charge is 0.493 e. The Hall–Kier alpha value is -2.40. The van der Waals surface area contributed by atoms with E-state index in [2.05, 4.69) is 10.6 Å². The van der Waals surface area contributed by atoms with Crippen LogP contribution >= 0.6 is 12.2 Å². The van der Waals surface area contributed by atoms with E-state index < -0.39 is 0 Å². The van der Waals surface area contributed by atoms with Crippen molar-refractivity contribution in [3.63, 3.8) is 0 Å². The van der Waals surface area contributed by atoms with Gasteiger partial charge in [-0.3, -0.25) is 10.1 Å². The van der Waals surface area contributed by atoms with Crippen molar-refractivity contribution in [2.45, 2.75) is 27.2 Å². The summed E-state index contributed by atoms with van der Waals surface area (Å²) in [5.41, 5.74) is 3.53. The zero-order valence-electron chi connectivity index (χ0n) is 14.2. The second-order valence-corrected chi connectivity index (χ2v) is 5.98. The molecule has 2 N–H and O–H groups in total. The number of carbonyl (C=O) groups excluding carboxylic acids is 1. The smallest absolute Gasteiger partial charge is 0.261 e. The lowest BCUT2D eigenvalue weighted by atomic mass is 10.1. The van der Waals surface area contributed by atoms with E-state index in [1.807, 2.05) is 45.0 Å². The summed E-state index contributed by atoms with van der Waals surface area (Å²) in [4.78, 5) is 12.5. The van der Waals surface area contributed by atoms with E-state index in [1.165, 1.54) is 0 Å². The van der Waals surface area contributed by atoms with Gasteiger partial charge in [-0.1, -0.05) is 31.2 Å². The second-order valence-electron chi connectivity index (χ2n) is 5.57. The summed E-state index contributed by atoms with van der Waals surface area (Å²) in [6, 6.07) is 13.2. The zero-order valence-corrected chi connectivity index (χ0v) is 15.0. The first-order chi connectivity index (χ1) is 11.5. The van der Waals surface area contributed by atoms with Crippen LogP contribution in [-0.2, 0) is 0 Å². The summed E-state index contributed by atoms with van der Waals surface area (Å²) in [7, 11) is 0. The Bertz CT molecular complexity index is 744. The Kier molecular flexibility index (Phi) is 6.32. The topological polar surface area (TPSA) is 50.4 Å². The Morgan fingerprint density at radius 1 is 1.17 bits per heavy atom.